The van der Waals surface area contributed by atoms with Crippen LogP contribution in [0.5, 0.6) is 0 Å². The van der Waals surface area contributed by atoms with Gasteiger partial charge < -0.3 is 0 Å². The predicted molar refractivity (Wildman–Crippen MR) is 82.4 cm³/mol. The van der Waals surface area contributed by atoms with E-state index in [4.69, 9.17) is 0 Å². The molecule has 0 saturated heterocycles. The molecule has 0 atom stereocenters. The molecular weight excluding hydrogens is 328 g/mol. The van der Waals surface area contributed by atoms with Gasteiger partial charge >= 0.3 is 0 Å². The minimum Gasteiger partial charge on any atom is -0.296 e. The number of anilines is 2. The third-order valence-corrected chi connectivity index (χ3v) is 4.09. The number of carbonyl (C=O) groups excluding carboxylic acids is 1. The van der Waals surface area contributed by atoms with Crippen LogP contribution in [-0.4, -0.2) is 41.0 Å². The molecule has 1 aromatic carbocycles. The molecule has 0 fully saturated rings. The van der Waals surface area contributed by atoms with Crippen molar-refractivity contribution >= 4 is 48.4 Å². The molecule has 0 bridgehead atoms. The number of rotatable bonds is 4. The third kappa shape index (κ3) is 3.04. The van der Waals surface area contributed by atoms with Crippen LogP contribution < -0.4 is 10.0 Å². The molecule has 0 aliphatic carbocycles. The van der Waals surface area contributed by atoms with E-state index < -0.39 is 15.9 Å². The topological polar surface area (TPSA) is 130 Å². The summed E-state index contributed by atoms with van der Waals surface area (Å²) in [4.78, 5) is 12.3. The highest BCUT2D eigenvalue weighted by Gasteiger charge is 2.15. The van der Waals surface area contributed by atoms with Crippen molar-refractivity contribution in [3.8, 4) is 0 Å². The lowest BCUT2D eigenvalue weighted by atomic mass is 10.1. The number of amides is 1. The van der Waals surface area contributed by atoms with Crippen LogP contribution in [0.25, 0.3) is 10.9 Å². The van der Waals surface area contributed by atoms with E-state index in [1.165, 1.54) is 0 Å². The number of benzene rings is 1. The third-order valence-electron chi connectivity index (χ3n) is 2.64. The van der Waals surface area contributed by atoms with Gasteiger partial charge in [-0.15, -0.1) is 10.2 Å². The van der Waals surface area contributed by atoms with Crippen LogP contribution in [0, 0.1) is 0 Å². The van der Waals surface area contributed by atoms with Crippen molar-refractivity contribution in [1.29, 1.82) is 0 Å². The van der Waals surface area contributed by atoms with Crippen molar-refractivity contribution in [3.05, 3.63) is 30.0 Å². The van der Waals surface area contributed by atoms with E-state index in [1.807, 2.05) is 6.07 Å². The molecule has 2 heterocycles. The number of carbonyl (C=O) groups is 1. The number of para-hydroxylation sites is 1. The van der Waals surface area contributed by atoms with E-state index >= 15 is 0 Å². The molecule has 3 N–H and O–H groups in total. The van der Waals surface area contributed by atoms with Crippen molar-refractivity contribution in [2.45, 2.75) is 0 Å². The van der Waals surface area contributed by atoms with Gasteiger partial charge in [0.25, 0.3) is 5.91 Å². The van der Waals surface area contributed by atoms with Gasteiger partial charge in [-0.1, -0.05) is 23.5 Å². The lowest BCUT2D eigenvalue weighted by Crippen LogP contribution is -2.12. The normalized spacial score (nSPS) is 11.5. The number of hydrogen-bond acceptors (Lipinski definition) is 7. The van der Waals surface area contributed by atoms with Crippen molar-refractivity contribution in [2.75, 3.05) is 16.3 Å². The first-order valence-corrected chi connectivity index (χ1v) is 8.68. The maximum Gasteiger partial charge on any atom is 0.259 e. The highest BCUT2D eigenvalue weighted by molar-refractivity contribution is 7.92. The summed E-state index contributed by atoms with van der Waals surface area (Å²) in [7, 11) is -3.43. The SMILES string of the molecule is CS(=O)(=O)Nc1nnc(NC(=O)c2cccc3cn[nH]c23)s1. The van der Waals surface area contributed by atoms with Crippen molar-refractivity contribution in [2.24, 2.45) is 0 Å². The van der Waals surface area contributed by atoms with Gasteiger partial charge in [0.2, 0.25) is 20.3 Å². The Morgan fingerprint density at radius 3 is 2.82 bits per heavy atom. The van der Waals surface area contributed by atoms with E-state index in [0.29, 0.717) is 11.1 Å². The minimum atomic E-state index is -3.43. The maximum atomic E-state index is 12.3. The number of nitrogens with zero attached hydrogens (tertiary/aromatic N) is 3. The molecule has 0 spiro atoms. The molecule has 0 radical (unpaired) electrons. The summed E-state index contributed by atoms with van der Waals surface area (Å²) < 4.78 is 24.4. The molecule has 3 aromatic rings. The molecule has 0 unspecified atom stereocenters. The quantitative estimate of drug-likeness (QED) is 0.651. The lowest BCUT2D eigenvalue weighted by Gasteiger charge is -2.02. The van der Waals surface area contributed by atoms with Gasteiger partial charge in [-0.25, -0.2) is 8.42 Å². The Morgan fingerprint density at radius 1 is 1.27 bits per heavy atom. The number of aromatic nitrogens is 4. The Hall–Kier alpha value is -2.53. The van der Waals surface area contributed by atoms with Crippen molar-refractivity contribution in [3.63, 3.8) is 0 Å². The average molecular weight is 338 g/mol. The zero-order valence-corrected chi connectivity index (χ0v) is 12.8. The van der Waals surface area contributed by atoms with E-state index in [9.17, 15) is 13.2 Å². The first-order chi connectivity index (χ1) is 10.4. The van der Waals surface area contributed by atoms with E-state index in [0.717, 1.165) is 23.0 Å². The number of nitrogens with one attached hydrogen (secondary N) is 3. The molecular formula is C11H10N6O3S2. The largest absolute Gasteiger partial charge is 0.296 e. The van der Waals surface area contributed by atoms with E-state index in [-0.39, 0.29) is 10.3 Å². The summed E-state index contributed by atoms with van der Waals surface area (Å²) in [5.41, 5.74) is 1.02. The van der Waals surface area contributed by atoms with Crippen LogP contribution in [0.15, 0.2) is 24.4 Å². The number of hydrogen-bond donors (Lipinski definition) is 3. The van der Waals surface area contributed by atoms with Gasteiger partial charge in [-0.3, -0.25) is 19.9 Å². The molecule has 1 amide bonds. The summed E-state index contributed by atoms with van der Waals surface area (Å²) in [6.45, 7) is 0. The molecule has 114 valence electrons. The highest BCUT2D eigenvalue weighted by Crippen LogP contribution is 2.22. The fourth-order valence-corrected chi connectivity index (χ4v) is 3.27. The van der Waals surface area contributed by atoms with Gasteiger partial charge in [0.1, 0.15) is 0 Å². The second kappa shape index (κ2) is 5.35. The number of sulfonamides is 1. The predicted octanol–water partition coefficient (Wildman–Crippen LogP) is 1.04. The highest BCUT2D eigenvalue weighted by atomic mass is 32.2. The van der Waals surface area contributed by atoms with Gasteiger partial charge in [0.15, 0.2) is 0 Å². The maximum absolute atomic E-state index is 12.3. The summed E-state index contributed by atoms with van der Waals surface area (Å²) in [6.07, 6.45) is 2.62. The van der Waals surface area contributed by atoms with Gasteiger partial charge in [-0.2, -0.15) is 5.10 Å². The molecule has 2 aromatic heterocycles. The van der Waals surface area contributed by atoms with Crippen LogP contribution in [0.4, 0.5) is 10.3 Å². The summed E-state index contributed by atoms with van der Waals surface area (Å²) in [5, 5.41) is 17.7. The van der Waals surface area contributed by atoms with Crippen LogP contribution in [-0.2, 0) is 10.0 Å². The standard InChI is InChI=1S/C11H10N6O3S2/c1-22(19,20)17-11-16-15-10(21-11)13-9(18)7-4-2-3-6-5-12-14-8(6)7/h2-5H,1H3,(H,12,14)(H,16,17)(H,13,15,18). The second-order valence-corrected chi connectivity index (χ2v) is 7.11. The van der Waals surface area contributed by atoms with Gasteiger partial charge in [0.05, 0.1) is 23.5 Å². The number of aromatic amines is 1. The van der Waals surface area contributed by atoms with Crippen LogP contribution in [0.3, 0.4) is 0 Å². The van der Waals surface area contributed by atoms with Crippen LogP contribution >= 0.6 is 11.3 Å². The van der Waals surface area contributed by atoms with Gasteiger partial charge in [0, 0.05) is 5.39 Å². The monoisotopic (exact) mass is 338 g/mol. The molecule has 0 saturated carbocycles. The Bertz CT molecular complexity index is 946. The first-order valence-electron chi connectivity index (χ1n) is 5.97. The summed E-state index contributed by atoms with van der Waals surface area (Å²) >= 11 is 0.920. The fourth-order valence-electron chi connectivity index (χ4n) is 1.80. The summed E-state index contributed by atoms with van der Waals surface area (Å²) in [5.74, 6) is -0.392. The van der Waals surface area contributed by atoms with E-state index in [1.54, 1.807) is 18.3 Å². The zero-order chi connectivity index (χ0) is 15.7. The molecule has 3 rings (SSSR count). The molecule has 9 nitrogen and oxygen atoms in total. The second-order valence-electron chi connectivity index (χ2n) is 4.38. The zero-order valence-electron chi connectivity index (χ0n) is 11.2. The number of H-pyrrole nitrogens is 1. The molecule has 0 aliphatic rings. The van der Waals surface area contributed by atoms with Crippen molar-refractivity contribution < 1.29 is 13.2 Å². The van der Waals surface area contributed by atoms with E-state index in [2.05, 4.69) is 30.4 Å². The minimum absolute atomic E-state index is 0.0811. The Kier molecular flexibility index (Phi) is 3.50. The Morgan fingerprint density at radius 2 is 2.05 bits per heavy atom. The smallest absolute Gasteiger partial charge is 0.259 e. The van der Waals surface area contributed by atoms with Crippen molar-refractivity contribution in [1.82, 2.24) is 20.4 Å². The lowest BCUT2D eigenvalue weighted by molar-refractivity contribution is 0.102. The molecule has 11 heteroatoms. The van der Waals surface area contributed by atoms with Crippen LogP contribution in [0.1, 0.15) is 10.4 Å². The Labute approximate surface area is 128 Å². The Balaban J connectivity index is 1.81. The first kappa shape index (κ1) is 14.4. The summed E-state index contributed by atoms with van der Waals surface area (Å²) in [6, 6.07) is 5.21. The van der Waals surface area contributed by atoms with Crippen LogP contribution in [0.2, 0.25) is 0 Å². The average Bonchev–Trinajstić information content (AvgIpc) is 3.05. The number of fused-ring (bicyclic) bond motifs is 1. The fraction of sp³-hybridized carbons (Fsp3) is 0.0909. The van der Waals surface area contributed by atoms with Gasteiger partial charge in [-0.05, 0) is 6.07 Å². The molecule has 22 heavy (non-hydrogen) atoms. The molecule has 0 aliphatic heterocycles.